The van der Waals surface area contributed by atoms with Crippen LogP contribution in [0.2, 0.25) is 0 Å². The third kappa shape index (κ3) is 7.94. The van der Waals surface area contributed by atoms with E-state index in [1.807, 2.05) is 49.6 Å². The van der Waals surface area contributed by atoms with Crippen molar-refractivity contribution in [2.45, 2.75) is 71.1 Å². The Morgan fingerprint density at radius 2 is 1.21 bits per heavy atom. The number of carbonyl (C=O) groups excluding carboxylic acids is 4. The van der Waals surface area contributed by atoms with Crippen LogP contribution in [0, 0.1) is 17.8 Å². The summed E-state index contributed by atoms with van der Waals surface area (Å²) in [5, 5.41) is 9.60. The zero-order valence-electron chi connectivity index (χ0n) is 35.7. The molecule has 2 fully saturated rings. The fourth-order valence-electron chi connectivity index (χ4n) is 9.19. The van der Waals surface area contributed by atoms with Crippen LogP contribution in [-0.2, 0) is 23.8 Å². The maximum atomic E-state index is 14.0. The van der Waals surface area contributed by atoms with E-state index in [1.165, 1.54) is 14.2 Å². The van der Waals surface area contributed by atoms with Crippen LogP contribution in [0.4, 0.5) is 9.59 Å². The second kappa shape index (κ2) is 17.0. The van der Waals surface area contributed by atoms with E-state index in [4.69, 9.17) is 24.2 Å². The van der Waals surface area contributed by atoms with E-state index >= 15 is 0 Å². The molecule has 2 aromatic heterocycles. The van der Waals surface area contributed by atoms with Crippen molar-refractivity contribution in [2.75, 3.05) is 41.0 Å². The number of benzene rings is 4. The van der Waals surface area contributed by atoms with Gasteiger partial charge in [-0.3, -0.25) is 9.59 Å². The molecule has 0 saturated carbocycles. The fraction of sp³-hybridized carbons (Fsp3) is 0.435. The first-order valence-corrected chi connectivity index (χ1v) is 21.0. The van der Waals surface area contributed by atoms with Crippen molar-refractivity contribution < 1.29 is 33.4 Å². The molecular weight excluding hydrogens is 777 g/mol. The Bertz CT molecular complexity index is 2630. The molecule has 320 valence electrons. The number of imidazole rings is 2. The van der Waals surface area contributed by atoms with Crippen LogP contribution < -0.4 is 10.6 Å². The van der Waals surface area contributed by atoms with Crippen molar-refractivity contribution in [3.63, 3.8) is 0 Å². The lowest BCUT2D eigenvalue weighted by Gasteiger charge is -2.30. The number of aromatic nitrogens is 4. The highest BCUT2D eigenvalue weighted by atomic mass is 16.5. The minimum absolute atomic E-state index is 0.111. The summed E-state index contributed by atoms with van der Waals surface area (Å²) in [4.78, 5) is 72.8. The number of likely N-dealkylation sites (tertiary alicyclic amines) is 2. The lowest BCUT2D eigenvalue weighted by Crippen LogP contribution is -2.51. The summed E-state index contributed by atoms with van der Waals surface area (Å²) in [7, 11) is 4.25. The summed E-state index contributed by atoms with van der Waals surface area (Å²) in [6.45, 7) is 9.19. The van der Waals surface area contributed by atoms with Gasteiger partial charge in [0.25, 0.3) is 0 Å². The molecular formula is C46H54N8O7. The second-order valence-corrected chi connectivity index (χ2v) is 17.0. The minimum Gasteiger partial charge on any atom is -0.453 e. The molecule has 15 nitrogen and oxygen atoms in total. The molecule has 4 N–H and O–H groups in total. The third-order valence-electron chi connectivity index (χ3n) is 12.3. The average Bonchev–Trinajstić information content (AvgIpc) is 4.09. The van der Waals surface area contributed by atoms with Crippen LogP contribution in [0.3, 0.4) is 0 Å². The normalized spacial score (nSPS) is 19.1. The molecule has 2 aliphatic rings. The predicted molar refractivity (Wildman–Crippen MR) is 233 cm³/mol. The highest BCUT2D eigenvalue weighted by molar-refractivity contribution is 6.07. The number of methoxy groups -OCH3 is 3. The van der Waals surface area contributed by atoms with Gasteiger partial charge in [0.2, 0.25) is 11.8 Å². The first-order chi connectivity index (χ1) is 29.4. The monoisotopic (exact) mass is 830 g/mol. The Kier molecular flexibility index (Phi) is 11.6. The molecule has 0 radical (unpaired) electrons. The summed E-state index contributed by atoms with van der Waals surface area (Å²) in [5.74, 6) is 0.952. The third-order valence-corrected chi connectivity index (χ3v) is 12.3. The first-order valence-electron chi connectivity index (χ1n) is 21.0. The predicted octanol–water partition coefficient (Wildman–Crippen LogP) is 7.37. The molecule has 2 aliphatic heterocycles. The highest BCUT2D eigenvalue weighted by Crippen LogP contribution is 2.39. The molecule has 2 saturated heterocycles. The van der Waals surface area contributed by atoms with Gasteiger partial charge >= 0.3 is 12.2 Å². The zero-order chi connectivity index (χ0) is 43.1. The molecule has 4 aromatic carbocycles. The van der Waals surface area contributed by atoms with Crippen molar-refractivity contribution in [2.24, 2.45) is 17.8 Å². The van der Waals surface area contributed by atoms with Crippen LogP contribution in [0.1, 0.15) is 70.7 Å². The molecule has 15 heteroatoms. The topological polar surface area (TPSA) is 184 Å². The molecule has 8 rings (SSSR count). The lowest BCUT2D eigenvalue weighted by atomic mass is 9.98. The van der Waals surface area contributed by atoms with Crippen molar-refractivity contribution in [1.29, 1.82) is 0 Å². The van der Waals surface area contributed by atoms with Crippen molar-refractivity contribution in [1.82, 2.24) is 40.4 Å². The van der Waals surface area contributed by atoms with Crippen molar-refractivity contribution >= 4 is 67.6 Å². The molecule has 61 heavy (non-hydrogen) atoms. The summed E-state index contributed by atoms with van der Waals surface area (Å²) < 4.78 is 15.1. The van der Waals surface area contributed by atoms with Crippen molar-refractivity contribution in [3.05, 3.63) is 72.3 Å². The summed E-state index contributed by atoms with van der Waals surface area (Å²) in [5.41, 5.74) is 5.57. The maximum Gasteiger partial charge on any atom is 0.407 e. The van der Waals surface area contributed by atoms with E-state index in [2.05, 4.69) is 69.1 Å². The molecule has 6 aromatic rings. The number of carbonyl (C=O) groups is 4. The van der Waals surface area contributed by atoms with Gasteiger partial charge in [0.05, 0.1) is 55.0 Å². The van der Waals surface area contributed by atoms with Gasteiger partial charge in [-0.05, 0) is 77.3 Å². The van der Waals surface area contributed by atoms with E-state index in [-0.39, 0.29) is 41.7 Å². The standard InChI is InChI=1S/C46H54N8O7/c1-24(2)37(51-45(57)60-6)43(55)53-18-8-9-35(53)41-47-33-16-12-29-20-27(10-14-31(29)39(33)49-41)28-11-15-32-30(21-28)13-17-34-40(32)50-42(48-34)36-19-26(23-59-5)22-54(36)44(56)38(25(3)4)52-46(58)61-7/h10-17,20-21,24-26,35-38H,8-9,18-19,22-23H2,1-7H3,(H,47,49)(H,48,50)(H,51,57)(H,52,58)/t26-,35+,36+,37?,38+/m1/s1. The number of hydrogen-bond acceptors (Lipinski definition) is 9. The van der Waals surface area contributed by atoms with Crippen LogP contribution in [0.25, 0.3) is 54.7 Å². The van der Waals surface area contributed by atoms with Gasteiger partial charge < -0.3 is 44.6 Å². The Morgan fingerprint density at radius 3 is 1.70 bits per heavy atom. The smallest absolute Gasteiger partial charge is 0.407 e. The zero-order valence-corrected chi connectivity index (χ0v) is 35.7. The van der Waals surface area contributed by atoms with Crippen LogP contribution >= 0.6 is 0 Å². The Labute approximate surface area is 353 Å². The summed E-state index contributed by atoms with van der Waals surface area (Å²) >= 11 is 0. The van der Waals surface area contributed by atoms with Gasteiger partial charge in [0.1, 0.15) is 23.7 Å². The number of hydrogen-bond donors (Lipinski definition) is 4. The number of alkyl carbamates (subject to hydrolysis) is 2. The summed E-state index contributed by atoms with van der Waals surface area (Å²) in [6, 6.07) is 19.0. The van der Waals surface area contributed by atoms with Crippen LogP contribution in [-0.4, -0.2) is 107 Å². The number of H-pyrrole nitrogens is 2. The quantitative estimate of drug-likeness (QED) is 0.104. The number of amides is 4. The molecule has 4 heterocycles. The van der Waals surface area contributed by atoms with E-state index < -0.39 is 24.3 Å². The number of ether oxygens (including phenoxy) is 3. The fourth-order valence-corrected chi connectivity index (χ4v) is 9.19. The molecule has 0 spiro atoms. The number of fused-ring (bicyclic) bond motifs is 6. The number of aromatic amines is 2. The largest absolute Gasteiger partial charge is 0.453 e. The van der Waals surface area contributed by atoms with Gasteiger partial charge in [0, 0.05) is 36.9 Å². The number of nitrogens with zero attached hydrogens (tertiary/aromatic N) is 4. The van der Waals surface area contributed by atoms with E-state index in [0.717, 1.165) is 73.4 Å². The van der Waals surface area contributed by atoms with Gasteiger partial charge in [-0.25, -0.2) is 19.6 Å². The minimum atomic E-state index is -0.750. The molecule has 5 atom stereocenters. The van der Waals surface area contributed by atoms with Gasteiger partial charge in [-0.2, -0.15) is 0 Å². The Balaban J connectivity index is 1.06. The molecule has 0 aliphatic carbocycles. The summed E-state index contributed by atoms with van der Waals surface area (Å²) in [6.07, 6.45) is 1.01. The first kappa shape index (κ1) is 41.5. The lowest BCUT2D eigenvalue weighted by molar-refractivity contribution is -0.136. The average molecular weight is 831 g/mol. The molecule has 4 amide bonds. The van der Waals surface area contributed by atoms with E-state index in [0.29, 0.717) is 31.9 Å². The highest BCUT2D eigenvalue weighted by Gasteiger charge is 2.42. The number of nitrogens with one attached hydrogen (secondary N) is 4. The van der Waals surface area contributed by atoms with Crippen LogP contribution in [0.15, 0.2) is 60.7 Å². The van der Waals surface area contributed by atoms with Crippen molar-refractivity contribution in [3.8, 4) is 11.1 Å². The molecule has 1 unspecified atom stereocenters. The van der Waals surface area contributed by atoms with Gasteiger partial charge in [-0.1, -0.05) is 64.1 Å². The number of rotatable bonds is 11. The van der Waals surface area contributed by atoms with Gasteiger partial charge in [-0.15, -0.1) is 0 Å². The SMILES string of the molecule is COC[C@@H]1C[C@@H](c2nc3ccc4cc(-c5ccc6c(ccc7nc([C@@H]8CCCN8C(=O)C(NC(=O)OC)C(C)C)[nH]c76)c5)ccc4c3[nH]2)N(C(=O)[C@@H](NC(=O)OC)C(C)C)C1. The maximum absolute atomic E-state index is 14.0. The second-order valence-electron chi connectivity index (χ2n) is 17.0. The Morgan fingerprint density at radius 1 is 0.705 bits per heavy atom. The molecule has 0 bridgehead atoms. The van der Waals surface area contributed by atoms with E-state index in [9.17, 15) is 19.2 Å². The Hall–Kier alpha value is -6.22. The van der Waals surface area contributed by atoms with Gasteiger partial charge in [0.15, 0.2) is 0 Å². The van der Waals surface area contributed by atoms with E-state index in [1.54, 1.807) is 7.11 Å². The van der Waals surface area contributed by atoms with Crippen LogP contribution in [0.5, 0.6) is 0 Å².